The van der Waals surface area contributed by atoms with Crippen molar-refractivity contribution in [1.82, 2.24) is 24.5 Å². The van der Waals surface area contributed by atoms with Crippen LogP contribution in [0.25, 0.3) is 5.82 Å². The van der Waals surface area contributed by atoms with E-state index < -0.39 is 10.0 Å². The van der Waals surface area contributed by atoms with Crippen molar-refractivity contribution in [2.75, 3.05) is 4.72 Å². The number of nitrogens with one attached hydrogen (secondary N) is 1. The van der Waals surface area contributed by atoms with Gasteiger partial charge in [-0.15, -0.1) is 21.5 Å². The van der Waals surface area contributed by atoms with E-state index in [0.29, 0.717) is 18.1 Å². The lowest BCUT2D eigenvalue weighted by Crippen LogP contribution is -2.13. The van der Waals surface area contributed by atoms with Gasteiger partial charge < -0.3 is 0 Å². The first kappa shape index (κ1) is 17.1. The molecule has 0 radical (unpaired) electrons. The molecule has 0 aliphatic rings. The third-order valence-corrected chi connectivity index (χ3v) is 6.80. The van der Waals surface area contributed by atoms with Crippen molar-refractivity contribution >= 4 is 43.0 Å². The quantitative estimate of drug-likeness (QED) is 0.648. The molecule has 3 aromatic rings. The molecular formula is C13H15BrN6O2S2. The van der Waals surface area contributed by atoms with Crippen molar-refractivity contribution in [3.63, 3.8) is 0 Å². The van der Waals surface area contributed by atoms with Crippen molar-refractivity contribution in [2.24, 2.45) is 0 Å². The van der Waals surface area contributed by atoms with Crippen molar-refractivity contribution in [3.05, 3.63) is 34.3 Å². The van der Waals surface area contributed by atoms with Gasteiger partial charge in [0.25, 0.3) is 10.0 Å². The van der Waals surface area contributed by atoms with E-state index in [0.717, 1.165) is 27.2 Å². The van der Waals surface area contributed by atoms with Crippen LogP contribution in [0, 0.1) is 6.92 Å². The Labute approximate surface area is 151 Å². The van der Waals surface area contributed by atoms with Gasteiger partial charge in [-0.25, -0.2) is 8.42 Å². The van der Waals surface area contributed by atoms with E-state index in [1.54, 1.807) is 21.4 Å². The second-order valence-corrected chi connectivity index (χ2v) is 9.41. The SMILES string of the molecule is CCCn1nc(-n2cnnc2)c(NS(=O)(=O)c2ccc(Br)s2)c1C. The van der Waals surface area contributed by atoms with Gasteiger partial charge in [-0.1, -0.05) is 6.92 Å². The Morgan fingerprint density at radius 2 is 2.00 bits per heavy atom. The Hall–Kier alpha value is -1.72. The largest absolute Gasteiger partial charge is 0.273 e. The molecule has 0 fully saturated rings. The number of aryl methyl sites for hydroxylation is 1. The van der Waals surface area contributed by atoms with Gasteiger partial charge in [0.2, 0.25) is 0 Å². The Morgan fingerprint density at radius 1 is 1.29 bits per heavy atom. The third-order valence-electron chi connectivity index (χ3n) is 3.34. The molecule has 24 heavy (non-hydrogen) atoms. The zero-order valence-corrected chi connectivity index (χ0v) is 16.2. The molecule has 0 atom stereocenters. The summed E-state index contributed by atoms with van der Waals surface area (Å²) >= 11 is 4.43. The summed E-state index contributed by atoms with van der Waals surface area (Å²) in [6, 6.07) is 3.26. The van der Waals surface area contributed by atoms with Crippen LogP contribution in [-0.4, -0.2) is 33.0 Å². The zero-order chi connectivity index (χ0) is 17.3. The number of nitrogens with zero attached hydrogens (tertiary/aromatic N) is 5. The Bertz CT molecular complexity index is 945. The van der Waals surface area contributed by atoms with Crippen LogP contribution in [0.2, 0.25) is 0 Å². The van der Waals surface area contributed by atoms with Gasteiger partial charge in [0, 0.05) is 6.54 Å². The molecule has 1 N–H and O–H groups in total. The molecule has 3 rings (SSSR count). The summed E-state index contributed by atoms with van der Waals surface area (Å²) in [7, 11) is -3.70. The summed E-state index contributed by atoms with van der Waals surface area (Å²) in [5.41, 5.74) is 1.16. The molecule has 8 nitrogen and oxygen atoms in total. The molecule has 0 amide bonds. The summed E-state index contributed by atoms with van der Waals surface area (Å²) in [5, 5.41) is 12.0. The average Bonchev–Trinajstić information content (AvgIpc) is 3.24. The minimum Gasteiger partial charge on any atom is -0.273 e. The Kier molecular flexibility index (Phi) is 4.74. The van der Waals surface area contributed by atoms with Crippen LogP contribution < -0.4 is 4.72 Å². The fraction of sp³-hybridized carbons (Fsp3) is 0.308. The first-order valence-electron chi connectivity index (χ1n) is 7.13. The van der Waals surface area contributed by atoms with E-state index in [1.807, 2.05) is 13.8 Å². The molecule has 0 saturated carbocycles. The minimum absolute atomic E-state index is 0.228. The molecule has 0 bridgehead atoms. The van der Waals surface area contributed by atoms with Gasteiger partial charge in [0.15, 0.2) is 5.82 Å². The average molecular weight is 431 g/mol. The number of hydrogen-bond donors (Lipinski definition) is 1. The van der Waals surface area contributed by atoms with Crippen LogP contribution in [0.1, 0.15) is 19.0 Å². The second kappa shape index (κ2) is 6.65. The summed E-state index contributed by atoms with van der Waals surface area (Å²) in [5.74, 6) is 0.449. The number of halogens is 1. The molecule has 3 aromatic heterocycles. The highest BCUT2D eigenvalue weighted by molar-refractivity contribution is 9.11. The van der Waals surface area contributed by atoms with Crippen molar-refractivity contribution in [2.45, 2.75) is 31.0 Å². The van der Waals surface area contributed by atoms with E-state index in [4.69, 9.17) is 0 Å². The van der Waals surface area contributed by atoms with Crippen molar-refractivity contribution in [3.8, 4) is 5.82 Å². The smallest absolute Gasteiger partial charge is 0.271 e. The summed E-state index contributed by atoms with van der Waals surface area (Å²) in [6.07, 6.45) is 3.85. The number of rotatable bonds is 6. The molecule has 0 aromatic carbocycles. The molecule has 0 saturated heterocycles. The summed E-state index contributed by atoms with van der Waals surface area (Å²) in [4.78, 5) is 0. The maximum atomic E-state index is 12.7. The van der Waals surface area contributed by atoms with Gasteiger partial charge in [0.05, 0.1) is 9.48 Å². The van der Waals surface area contributed by atoms with Crippen LogP contribution in [0.3, 0.4) is 0 Å². The van der Waals surface area contributed by atoms with Crippen LogP contribution in [-0.2, 0) is 16.6 Å². The van der Waals surface area contributed by atoms with E-state index in [-0.39, 0.29) is 4.21 Å². The maximum absolute atomic E-state index is 12.7. The van der Waals surface area contributed by atoms with Crippen LogP contribution >= 0.6 is 27.3 Å². The molecule has 0 aliphatic carbocycles. The highest BCUT2D eigenvalue weighted by atomic mass is 79.9. The topological polar surface area (TPSA) is 94.7 Å². The van der Waals surface area contributed by atoms with Crippen LogP contribution in [0.4, 0.5) is 5.69 Å². The van der Waals surface area contributed by atoms with Crippen molar-refractivity contribution in [1.29, 1.82) is 0 Å². The molecule has 0 unspecified atom stereocenters. The first-order valence-corrected chi connectivity index (χ1v) is 10.2. The number of anilines is 1. The summed E-state index contributed by atoms with van der Waals surface area (Å²) in [6.45, 7) is 4.55. The fourth-order valence-electron chi connectivity index (χ4n) is 2.20. The molecule has 0 spiro atoms. The summed E-state index contributed by atoms with van der Waals surface area (Å²) < 4.78 is 32.3. The van der Waals surface area contributed by atoms with E-state index >= 15 is 0 Å². The van der Waals surface area contributed by atoms with Gasteiger partial charge in [-0.05, 0) is 41.4 Å². The monoisotopic (exact) mass is 430 g/mol. The third kappa shape index (κ3) is 3.23. The Morgan fingerprint density at radius 3 is 2.58 bits per heavy atom. The van der Waals surface area contributed by atoms with E-state index in [2.05, 4.69) is 35.9 Å². The first-order chi connectivity index (χ1) is 11.4. The maximum Gasteiger partial charge on any atom is 0.271 e. The lowest BCUT2D eigenvalue weighted by molar-refractivity contribution is 0.583. The number of thiophene rings is 1. The lowest BCUT2D eigenvalue weighted by Gasteiger charge is -2.08. The minimum atomic E-state index is -3.70. The van der Waals surface area contributed by atoms with Gasteiger partial charge in [0.1, 0.15) is 22.6 Å². The number of aromatic nitrogens is 5. The highest BCUT2D eigenvalue weighted by Gasteiger charge is 2.23. The molecule has 3 heterocycles. The molecule has 0 aliphatic heterocycles. The van der Waals surface area contributed by atoms with Gasteiger partial charge in [-0.3, -0.25) is 14.0 Å². The highest BCUT2D eigenvalue weighted by Crippen LogP contribution is 2.31. The molecular weight excluding hydrogens is 416 g/mol. The Balaban J connectivity index is 2.06. The number of hydrogen-bond acceptors (Lipinski definition) is 6. The van der Waals surface area contributed by atoms with Crippen LogP contribution in [0.5, 0.6) is 0 Å². The fourth-order valence-corrected chi connectivity index (χ4v) is 5.33. The standard InChI is InChI=1S/C13H15BrN6O2S2/c1-3-6-20-9(2)12(13(17-20)19-7-15-16-8-19)18-24(21,22)11-5-4-10(14)23-11/h4-5,7-8,18H,3,6H2,1-2H3. The second-order valence-electron chi connectivity index (χ2n) is 5.04. The van der Waals surface area contributed by atoms with E-state index in [9.17, 15) is 8.42 Å². The van der Waals surface area contributed by atoms with Gasteiger partial charge >= 0.3 is 0 Å². The van der Waals surface area contributed by atoms with Crippen molar-refractivity contribution < 1.29 is 8.42 Å². The molecule has 128 valence electrons. The molecule has 11 heteroatoms. The lowest BCUT2D eigenvalue weighted by atomic mass is 10.3. The van der Waals surface area contributed by atoms with Gasteiger partial charge in [-0.2, -0.15) is 5.10 Å². The zero-order valence-electron chi connectivity index (χ0n) is 13.0. The number of sulfonamides is 1. The predicted octanol–water partition coefficient (Wildman–Crippen LogP) is 2.81. The predicted molar refractivity (Wildman–Crippen MR) is 95.0 cm³/mol. The normalized spacial score (nSPS) is 11.8. The van der Waals surface area contributed by atoms with E-state index in [1.165, 1.54) is 12.7 Å². The van der Waals surface area contributed by atoms with Crippen LogP contribution in [0.15, 0.2) is 32.8 Å².